The summed E-state index contributed by atoms with van der Waals surface area (Å²) >= 11 is 1.86. The minimum Gasteiger partial charge on any atom is -0.399 e. The van der Waals surface area contributed by atoms with Crippen LogP contribution in [0.15, 0.2) is 42.5 Å². The molecule has 0 aliphatic carbocycles. The summed E-state index contributed by atoms with van der Waals surface area (Å²) in [6.07, 6.45) is 1.01. The highest BCUT2D eigenvalue weighted by molar-refractivity contribution is 7.11. The zero-order valence-corrected chi connectivity index (χ0v) is 13.1. The maximum Gasteiger partial charge on any atom is 0.126 e. The van der Waals surface area contributed by atoms with Gasteiger partial charge >= 0.3 is 0 Å². The molecule has 108 valence electrons. The third kappa shape index (κ3) is 3.34. The van der Waals surface area contributed by atoms with E-state index in [1.807, 2.05) is 35.6 Å². The molecule has 0 spiro atoms. The number of nitrogen functional groups attached to an aromatic ring is 1. The molecule has 0 aliphatic heterocycles. The van der Waals surface area contributed by atoms with Crippen LogP contribution in [0.3, 0.4) is 0 Å². The van der Waals surface area contributed by atoms with E-state index >= 15 is 0 Å². The van der Waals surface area contributed by atoms with E-state index in [0.29, 0.717) is 6.04 Å². The fraction of sp³-hybridized carbons (Fsp3) is 0.235. The van der Waals surface area contributed by atoms with Crippen LogP contribution in [0.5, 0.6) is 0 Å². The second-order valence-electron chi connectivity index (χ2n) is 5.41. The van der Waals surface area contributed by atoms with E-state index in [9.17, 15) is 0 Å². The molecule has 0 saturated heterocycles. The van der Waals surface area contributed by atoms with E-state index in [1.54, 1.807) is 0 Å². The van der Waals surface area contributed by atoms with Gasteiger partial charge in [-0.2, -0.15) is 0 Å². The first-order valence-corrected chi connectivity index (χ1v) is 7.90. The molecule has 0 fully saturated rings. The van der Waals surface area contributed by atoms with Gasteiger partial charge in [-0.25, -0.2) is 4.98 Å². The Morgan fingerprint density at radius 2 is 2.05 bits per heavy atom. The summed E-state index contributed by atoms with van der Waals surface area (Å²) in [5.74, 6) is 0.910. The lowest BCUT2D eigenvalue weighted by Gasteiger charge is -2.14. The number of pyridine rings is 1. The van der Waals surface area contributed by atoms with Crippen molar-refractivity contribution in [2.45, 2.75) is 26.3 Å². The lowest BCUT2D eigenvalue weighted by Crippen LogP contribution is -2.18. The minimum atomic E-state index is 0.349. The smallest absolute Gasteiger partial charge is 0.126 e. The van der Waals surface area contributed by atoms with Crippen molar-refractivity contribution in [1.82, 2.24) is 4.98 Å². The van der Waals surface area contributed by atoms with Crippen molar-refractivity contribution in [3.63, 3.8) is 0 Å². The fourth-order valence-electron chi connectivity index (χ4n) is 2.42. The van der Waals surface area contributed by atoms with Crippen LogP contribution in [0, 0.1) is 6.92 Å². The monoisotopic (exact) mass is 297 g/mol. The average molecular weight is 297 g/mol. The first kappa shape index (κ1) is 13.9. The van der Waals surface area contributed by atoms with E-state index in [2.05, 4.69) is 42.3 Å². The molecule has 3 N–H and O–H groups in total. The zero-order valence-electron chi connectivity index (χ0n) is 12.3. The Bertz CT molecular complexity index is 764. The quantitative estimate of drug-likeness (QED) is 0.709. The molecule has 1 aromatic carbocycles. The van der Waals surface area contributed by atoms with Gasteiger partial charge in [0.05, 0.1) is 5.52 Å². The number of nitrogens with zero attached hydrogens (tertiary/aromatic N) is 1. The van der Waals surface area contributed by atoms with Crippen molar-refractivity contribution in [1.29, 1.82) is 0 Å². The van der Waals surface area contributed by atoms with E-state index in [-0.39, 0.29) is 0 Å². The van der Waals surface area contributed by atoms with Gasteiger partial charge in [0.15, 0.2) is 0 Å². The molecule has 0 saturated carbocycles. The van der Waals surface area contributed by atoms with Crippen LogP contribution in [-0.4, -0.2) is 11.0 Å². The van der Waals surface area contributed by atoms with Crippen LogP contribution in [0.2, 0.25) is 0 Å². The first-order valence-electron chi connectivity index (χ1n) is 7.08. The summed E-state index contributed by atoms with van der Waals surface area (Å²) in [6.45, 7) is 4.33. The van der Waals surface area contributed by atoms with Crippen molar-refractivity contribution >= 4 is 33.7 Å². The molecule has 4 heteroatoms. The lowest BCUT2D eigenvalue weighted by molar-refractivity contribution is 0.795. The topological polar surface area (TPSA) is 50.9 Å². The van der Waals surface area contributed by atoms with E-state index in [1.165, 1.54) is 9.75 Å². The standard InChI is InChI=1S/C17H19N3S/c1-11(9-15-6-3-12(2)21-15)19-17-8-4-13-10-14(18)5-7-16(13)20-17/h3-8,10-11H,9,18H2,1-2H3,(H,19,20). The van der Waals surface area contributed by atoms with Gasteiger partial charge in [0, 0.05) is 33.3 Å². The molecule has 2 aromatic heterocycles. The second-order valence-corrected chi connectivity index (χ2v) is 6.78. The number of rotatable bonds is 4. The number of aromatic nitrogens is 1. The number of nitrogens with two attached hydrogens (primary N) is 1. The number of anilines is 2. The third-order valence-electron chi connectivity index (χ3n) is 3.41. The SMILES string of the molecule is Cc1ccc(CC(C)Nc2ccc3cc(N)ccc3n2)s1. The Morgan fingerprint density at radius 1 is 1.19 bits per heavy atom. The minimum absolute atomic E-state index is 0.349. The Kier molecular flexibility index (Phi) is 3.80. The molecule has 1 unspecified atom stereocenters. The van der Waals surface area contributed by atoms with E-state index in [4.69, 9.17) is 5.73 Å². The van der Waals surface area contributed by atoms with Crippen molar-refractivity contribution < 1.29 is 0 Å². The largest absolute Gasteiger partial charge is 0.399 e. The summed E-state index contributed by atoms with van der Waals surface area (Å²) in [5.41, 5.74) is 7.52. The van der Waals surface area contributed by atoms with Crippen LogP contribution in [0.25, 0.3) is 10.9 Å². The number of hydrogen-bond acceptors (Lipinski definition) is 4. The summed E-state index contributed by atoms with van der Waals surface area (Å²) in [4.78, 5) is 7.40. The molecule has 21 heavy (non-hydrogen) atoms. The Balaban J connectivity index is 1.73. The Hall–Kier alpha value is -2.07. The summed E-state index contributed by atoms with van der Waals surface area (Å²) in [6, 6.07) is 14.6. The van der Waals surface area contributed by atoms with Crippen LogP contribution in [0.1, 0.15) is 16.7 Å². The fourth-order valence-corrected chi connectivity index (χ4v) is 3.44. The van der Waals surface area contributed by atoms with Crippen LogP contribution in [0.4, 0.5) is 11.5 Å². The maximum absolute atomic E-state index is 5.79. The molecule has 2 heterocycles. The number of fused-ring (bicyclic) bond motifs is 1. The van der Waals surface area contributed by atoms with Gasteiger partial charge in [-0.3, -0.25) is 0 Å². The van der Waals surface area contributed by atoms with Gasteiger partial charge in [-0.1, -0.05) is 0 Å². The highest BCUT2D eigenvalue weighted by Gasteiger charge is 2.07. The number of aryl methyl sites for hydroxylation is 1. The van der Waals surface area contributed by atoms with Gasteiger partial charge in [-0.15, -0.1) is 11.3 Å². The number of thiophene rings is 1. The van der Waals surface area contributed by atoms with Gasteiger partial charge in [0.2, 0.25) is 0 Å². The van der Waals surface area contributed by atoms with Gasteiger partial charge in [0.25, 0.3) is 0 Å². The number of hydrogen-bond donors (Lipinski definition) is 2. The predicted octanol–water partition coefficient (Wildman–Crippen LogP) is 4.23. The molecule has 0 aliphatic rings. The number of nitrogens with one attached hydrogen (secondary N) is 1. The Morgan fingerprint density at radius 3 is 2.81 bits per heavy atom. The lowest BCUT2D eigenvalue weighted by atomic mass is 10.2. The number of benzene rings is 1. The second kappa shape index (κ2) is 5.74. The van der Waals surface area contributed by atoms with Crippen LogP contribution < -0.4 is 11.1 Å². The zero-order chi connectivity index (χ0) is 14.8. The summed E-state index contributed by atoms with van der Waals surface area (Å²) < 4.78 is 0. The van der Waals surface area contributed by atoms with E-state index < -0.39 is 0 Å². The van der Waals surface area contributed by atoms with Gasteiger partial charge < -0.3 is 11.1 Å². The molecular weight excluding hydrogens is 278 g/mol. The van der Waals surface area contributed by atoms with Gasteiger partial charge in [0.1, 0.15) is 5.82 Å². The molecule has 0 bridgehead atoms. The molecule has 3 nitrogen and oxygen atoms in total. The molecular formula is C17H19N3S. The van der Waals surface area contributed by atoms with Crippen LogP contribution >= 0.6 is 11.3 Å². The molecule has 0 amide bonds. The van der Waals surface area contributed by atoms with Crippen molar-refractivity contribution in [3.05, 3.63) is 52.2 Å². The normalized spacial score (nSPS) is 12.5. The molecule has 3 rings (SSSR count). The maximum atomic E-state index is 5.79. The van der Waals surface area contributed by atoms with Gasteiger partial charge in [-0.05, 0) is 56.3 Å². The third-order valence-corrected chi connectivity index (χ3v) is 4.43. The molecule has 0 radical (unpaired) electrons. The van der Waals surface area contributed by atoms with Crippen LogP contribution in [-0.2, 0) is 6.42 Å². The highest BCUT2D eigenvalue weighted by atomic mass is 32.1. The van der Waals surface area contributed by atoms with Crippen molar-refractivity contribution in [2.24, 2.45) is 0 Å². The van der Waals surface area contributed by atoms with E-state index in [0.717, 1.165) is 28.8 Å². The molecule has 3 aromatic rings. The Labute approximate surface area is 128 Å². The predicted molar refractivity (Wildman–Crippen MR) is 92.0 cm³/mol. The summed E-state index contributed by atoms with van der Waals surface area (Å²) in [7, 11) is 0. The first-order chi connectivity index (χ1) is 10.1. The average Bonchev–Trinajstić information content (AvgIpc) is 2.84. The summed E-state index contributed by atoms with van der Waals surface area (Å²) in [5, 5.41) is 4.54. The van der Waals surface area contributed by atoms with Crippen molar-refractivity contribution in [3.8, 4) is 0 Å². The van der Waals surface area contributed by atoms with Crippen molar-refractivity contribution in [2.75, 3.05) is 11.1 Å². The highest BCUT2D eigenvalue weighted by Crippen LogP contribution is 2.20. The molecule has 1 atom stereocenters.